The van der Waals surface area contributed by atoms with E-state index in [0.717, 1.165) is 32.2 Å². The van der Waals surface area contributed by atoms with Crippen molar-refractivity contribution in [1.82, 2.24) is 10.6 Å². The number of rotatable bonds is 7. The third-order valence-electron chi connectivity index (χ3n) is 4.20. The van der Waals surface area contributed by atoms with Crippen LogP contribution in [-0.2, 0) is 17.8 Å². The van der Waals surface area contributed by atoms with Gasteiger partial charge in [0.05, 0.1) is 6.04 Å². The highest BCUT2D eigenvalue weighted by Gasteiger charge is 2.24. The Morgan fingerprint density at radius 2 is 2.14 bits per heavy atom. The normalized spacial score (nSPS) is 18.9. The van der Waals surface area contributed by atoms with Crippen molar-refractivity contribution in [3.8, 4) is 0 Å². The van der Waals surface area contributed by atoms with Crippen LogP contribution in [0.25, 0.3) is 0 Å². The van der Waals surface area contributed by atoms with E-state index in [4.69, 9.17) is 5.11 Å². The van der Waals surface area contributed by atoms with Gasteiger partial charge in [-0.05, 0) is 36.3 Å². The molecule has 21 heavy (non-hydrogen) atoms. The second kappa shape index (κ2) is 8.15. The van der Waals surface area contributed by atoms with Gasteiger partial charge in [-0.15, -0.1) is 0 Å². The molecule has 0 spiro atoms. The predicted octanol–water partition coefficient (Wildman–Crippen LogP) is 1.62. The lowest BCUT2D eigenvalue weighted by atomic mass is 9.95. The van der Waals surface area contributed by atoms with Crippen molar-refractivity contribution in [1.29, 1.82) is 0 Å². The molecule has 0 aromatic heterocycles. The molecule has 0 saturated carbocycles. The molecule has 4 nitrogen and oxygen atoms in total. The molecule has 2 atom stereocenters. The molecule has 0 bridgehead atoms. The first-order chi connectivity index (χ1) is 10.2. The summed E-state index contributed by atoms with van der Waals surface area (Å²) < 4.78 is 0. The molecule has 1 aromatic rings. The fourth-order valence-electron chi connectivity index (χ4n) is 2.95. The molecule has 1 heterocycles. The summed E-state index contributed by atoms with van der Waals surface area (Å²) >= 11 is 0. The van der Waals surface area contributed by atoms with Crippen molar-refractivity contribution < 1.29 is 9.90 Å². The van der Waals surface area contributed by atoms with Crippen LogP contribution in [0.5, 0.6) is 0 Å². The Labute approximate surface area is 126 Å². The van der Waals surface area contributed by atoms with Crippen LogP contribution in [0.3, 0.4) is 0 Å². The van der Waals surface area contributed by atoms with E-state index in [0.29, 0.717) is 12.5 Å². The summed E-state index contributed by atoms with van der Waals surface area (Å²) in [5, 5.41) is 15.4. The minimum absolute atomic E-state index is 0.0727. The van der Waals surface area contributed by atoms with Crippen LogP contribution in [-0.4, -0.2) is 30.2 Å². The lowest BCUT2D eigenvalue weighted by Crippen LogP contribution is -2.48. The summed E-state index contributed by atoms with van der Waals surface area (Å²) in [5.74, 6) is 0.448. The Morgan fingerprint density at radius 1 is 1.38 bits per heavy atom. The molecule has 1 aliphatic heterocycles. The molecule has 0 saturated heterocycles. The zero-order valence-corrected chi connectivity index (χ0v) is 12.8. The fraction of sp³-hybridized carbons (Fsp3) is 0.588. The Bertz CT molecular complexity index is 456. The number of carbonyl (C=O) groups is 1. The van der Waals surface area contributed by atoms with Gasteiger partial charge in [0.2, 0.25) is 5.91 Å². The largest absolute Gasteiger partial charge is 0.396 e. The molecule has 1 amide bonds. The first-order valence-corrected chi connectivity index (χ1v) is 7.93. The van der Waals surface area contributed by atoms with Crippen LogP contribution in [0, 0.1) is 5.92 Å². The van der Waals surface area contributed by atoms with E-state index in [9.17, 15) is 4.79 Å². The summed E-state index contributed by atoms with van der Waals surface area (Å²) in [6, 6.07) is 8.12. The monoisotopic (exact) mass is 290 g/mol. The Balaban J connectivity index is 1.84. The topological polar surface area (TPSA) is 61.4 Å². The molecule has 1 aliphatic rings. The van der Waals surface area contributed by atoms with Crippen molar-refractivity contribution in [2.45, 2.75) is 45.2 Å². The smallest absolute Gasteiger partial charge is 0.237 e. The van der Waals surface area contributed by atoms with E-state index in [-0.39, 0.29) is 18.6 Å². The van der Waals surface area contributed by atoms with Crippen LogP contribution in [0.4, 0.5) is 0 Å². The number of benzene rings is 1. The molecule has 0 radical (unpaired) electrons. The van der Waals surface area contributed by atoms with E-state index in [1.54, 1.807) is 0 Å². The number of amides is 1. The van der Waals surface area contributed by atoms with E-state index >= 15 is 0 Å². The van der Waals surface area contributed by atoms with E-state index in [1.807, 2.05) is 12.1 Å². The number of carbonyl (C=O) groups excluding carboxylic acids is 1. The minimum Gasteiger partial charge on any atom is -0.396 e. The van der Waals surface area contributed by atoms with Gasteiger partial charge in [-0.3, -0.25) is 4.79 Å². The van der Waals surface area contributed by atoms with Crippen molar-refractivity contribution in [2.75, 3.05) is 13.2 Å². The standard InChI is InChI=1S/C17H26N2O2/c1-2-5-13(8-9-20)11-19-17(21)16-10-14-6-3-4-7-15(14)12-18-16/h3-4,6-7,13,16,18,20H,2,5,8-12H2,1H3,(H,19,21). The quantitative estimate of drug-likeness (QED) is 0.715. The van der Waals surface area contributed by atoms with E-state index < -0.39 is 0 Å². The highest BCUT2D eigenvalue weighted by atomic mass is 16.3. The lowest BCUT2D eigenvalue weighted by molar-refractivity contribution is -0.123. The second-order valence-electron chi connectivity index (χ2n) is 5.82. The summed E-state index contributed by atoms with van der Waals surface area (Å²) in [4.78, 5) is 12.3. The van der Waals surface area contributed by atoms with Gasteiger partial charge in [-0.2, -0.15) is 0 Å². The van der Waals surface area contributed by atoms with Gasteiger partial charge in [-0.25, -0.2) is 0 Å². The molecule has 0 fully saturated rings. The highest BCUT2D eigenvalue weighted by Crippen LogP contribution is 2.16. The van der Waals surface area contributed by atoms with Gasteiger partial charge in [0.15, 0.2) is 0 Å². The van der Waals surface area contributed by atoms with Crippen LogP contribution >= 0.6 is 0 Å². The van der Waals surface area contributed by atoms with Gasteiger partial charge in [0.1, 0.15) is 0 Å². The Kier molecular flexibility index (Phi) is 6.21. The lowest BCUT2D eigenvalue weighted by Gasteiger charge is -2.26. The number of hydrogen-bond acceptors (Lipinski definition) is 3. The number of aliphatic hydroxyl groups is 1. The Morgan fingerprint density at radius 3 is 2.86 bits per heavy atom. The molecule has 0 aliphatic carbocycles. The molecule has 2 rings (SSSR count). The second-order valence-corrected chi connectivity index (χ2v) is 5.82. The summed E-state index contributed by atoms with van der Waals surface area (Å²) in [7, 11) is 0. The van der Waals surface area contributed by atoms with Crippen LogP contribution in [0.1, 0.15) is 37.3 Å². The van der Waals surface area contributed by atoms with Crippen LogP contribution in [0.15, 0.2) is 24.3 Å². The zero-order valence-electron chi connectivity index (χ0n) is 12.8. The van der Waals surface area contributed by atoms with Gasteiger partial charge >= 0.3 is 0 Å². The molecule has 2 unspecified atom stereocenters. The number of aliphatic hydroxyl groups excluding tert-OH is 1. The fourth-order valence-corrected chi connectivity index (χ4v) is 2.95. The highest BCUT2D eigenvalue weighted by molar-refractivity contribution is 5.82. The number of fused-ring (bicyclic) bond motifs is 1. The van der Waals surface area contributed by atoms with E-state index in [2.05, 4.69) is 29.7 Å². The minimum atomic E-state index is -0.142. The average Bonchev–Trinajstić information content (AvgIpc) is 2.52. The van der Waals surface area contributed by atoms with Gasteiger partial charge in [0, 0.05) is 19.7 Å². The first-order valence-electron chi connectivity index (χ1n) is 7.93. The molecule has 4 heteroatoms. The third-order valence-corrected chi connectivity index (χ3v) is 4.20. The molecule has 3 N–H and O–H groups in total. The summed E-state index contributed by atoms with van der Waals surface area (Å²) in [6.07, 6.45) is 3.63. The van der Waals surface area contributed by atoms with Crippen LogP contribution < -0.4 is 10.6 Å². The summed E-state index contributed by atoms with van der Waals surface area (Å²) in [6.45, 7) is 3.73. The van der Waals surface area contributed by atoms with Crippen molar-refractivity contribution in [3.05, 3.63) is 35.4 Å². The zero-order chi connectivity index (χ0) is 15.1. The maximum Gasteiger partial charge on any atom is 0.237 e. The number of hydrogen-bond donors (Lipinski definition) is 3. The Hall–Kier alpha value is -1.39. The maximum atomic E-state index is 12.3. The SMILES string of the molecule is CCCC(CCO)CNC(=O)C1Cc2ccccc2CN1. The van der Waals surface area contributed by atoms with Crippen molar-refractivity contribution in [3.63, 3.8) is 0 Å². The van der Waals surface area contributed by atoms with Crippen molar-refractivity contribution >= 4 is 5.91 Å². The molecular weight excluding hydrogens is 264 g/mol. The molecule has 1 aromatic carbocycles. The third kappa shape index (κ3) is 4.55. The number of nitrogens with one attached hydrogen (secondary N) is 2. The van der Waals surface area contributed by atoms with Gasteiger partial charge < -0.3 is 15.7 Å². The van der Waals surface area contributed by atoms with Crippen LogP contribution in [0.2, 0.25) is 0 Å². The first kappa shape index (κ1) is 16.0. The van der Waals surface area contributed by atoms with E-state index in [1.165, 1.54) is 11.1 Å². The molecular formula is C17H26N2O2. The van der Waals surface area contributed by atoms with Gasteiger partial charge in [-0.1, -0.05) is 37.6 Å². The average molecular weight is 290 g/mol. The predicted molar refractivity (Wildman–Crippen MR) is 83.9 cm³/mol. The molecule has 116 valence electrons. The maximum absolute atomic E-state index is 12.3. The summed E-state index contributed by atoms with van der Waals surface area (Å²) in [5.41, 5.74) is 2.54. The van der Waals surface area contributed by atoms with Gasteiger partial charge in [0.25, 0.3) is 0 Å². The van der Waals surface area contributed by atoms with Crippen molar-refractivity contribution in [2.24, 2.45) is 5.92 Å².